The van der Waals surface area contributed by atoms with Crippen LogP contribution < -0.4 is 0 Å². The lowest BCUT2D eigenvalue weighted by Crippen LogP contribution is -1.93. The SMILES string of the molecule is Cn1nccc1-c1ccc(S(C)=O)cc1. The van der Waals surface area contributed by atoms with Crippen molar-refractivity contribution in [2.45, 2.75) is 4.90 Å². The van der Waals surface area contributed by atoms with Crippen molar-refractivity contribution in [1.29, 1.82) is 0 Å². The Morgan fingerprint density at radius 1 is 1.20 bits per heavy atom. The summed E-state index contributed by atoms with van der Waals surface area (Å²) in [5.41, 5.74) is 2.15. The smallest absolute Gasteiger partial charge is 0.0678 e. The van der Waals surface area contributed by atoms with Crippen LogP contribution in [0.4, 0.5) is 0 Å². The first-order chi connectivity index (χ1) is 7.18. The van der Waals surface area contributed by atoms with Crippen LogP contribution in [-0.2, 0) is 17.8 Å². The molecule has 1 unspecified atom stereocenters. The Bertz CT molecular complexity index is 488. The highest BCUT2D eigenvalue weighted by molar-refractivity contribution is 7.84. The second-order valence-corrected chi connectivity index (χ2v) is 4.70. The molecule has 0 saturated heterocycles. The first-order valence-electron chi connectivity index (χ1n) is 4.60. The number of rotatable bonds is 2. The molecule has 0 amide bonds. The predicted octanol–water partition coefficient (Wildman–Crippen LogP) is 1.82. The second-order valence-electron chi connectivity index (χ2n) is 3.32. The average Bonchev–Trinajstić information content (AvgIpc) is 2.65. The van der Waals surface area contributed by atoms with Crippen LogP contribution in [0.1, 0.15) is 0 Å². The number of benzene rings is 1. The largest absolute Gasteiger partial charge is 0.268 e. The Balaban J connectivity index is 2.40. The van der Waals surface area contributed by atoms with Crippen LogP contribution in [0.25, 0.3) is 11.3 Å². The summed E-state index contributed by atoms with van der Waals surface area (Å²) in [4.78, 5) is 0.848. The minimum Gasteiger partial charge on any atom is -0.268 e. The van der Waals surface area contributed by atoms with Crippen LogP contribution in [0, 0.1) is 0 Å². The van der Waals surface area contributed by atoms with E-state index in [1.807, 2.05) is 42.1 Å². The van der Waals surface area contributed by atoms with Gasteiger partial charge in [-0.1, -0.05) is 12.1 Å². The molecule has 2 rings (SSSR count). The lowest BCUT2D eigenvalue weighted by atomic mass is 10.1. The Labute approximate surface area is 91.2 Å². The van der Waals surface area contributed by atoms with Crippen molar-refractivity contribution in [2.24, 2.45) is 7.05 Å². The van der Waals surface area contributed by atoms with E-state index in [0.717, 1.165) is 16.2 Å². The zero-order valence-electron chi connectivity index (χ0n) is 8.68. The third kappa shape index (κ3) is 1.99. The van der Waals surface area contributed by atoms with E-state index in [2.05, 4.69) is 5.10 Å². The van der Waals surface area contributed by atoms with Gasteiger partial charge in [0.2, 0.25) is 0 Å². The predicted molar refractivity (Wildman–Crippen MR) is 61.0 cm³/mol. The highest BCUT2D eigenvalue weighted by Gasteiger charge is 2.03. The van der Waals surface area contributed by atoms with Crippen LogP contribution in [0.2, 0.25) is 0 Å². The van der Waals surface area contributed by atoms with E-state index >= 15 is 0 Å². The van der Waals surface area contributed by atoms with Crippen molar-refractivity contribution in [1.82, 2.24) is 9.78 Å². The number of nitrogens with zero attached hydrogens (tertiary/aromatic N) is 2. The van der Waals surface area contributed by atoms with Gasteiger partial charge in [0.15, 0.2) is 0 Å². The number of aromatic nitrogens is 2. The highest BCUT2D eigenvalue weighted by Crippen LogP contribution is 2.19. The lowest BCUT2D eigenvalue weighted by molar-refractivity contribution is 0.687. The van der Waals surface area contributed by atoms with Gasteiger partial charge in [0.05, 0.1) is 5.69 Å². The Hall–Kier alpha value is -1.42. The molecule has 3 nitrogen and oxygen atoms in total. The van der Waals surface area contributed by atoms with Gasteiger partial charge in [-0.05, 0) is 23.8 Å². The summed E-state index contributed by atoms with van der Waals surface area (Å²) in [6, 6.07) is 9.66. The monoisotopic (exact) mass is 220 g/mol. The third-order valence-electron chi connectivity index (χ3n) is 2.30. The van der Waals surface area contributed by atoms with Crippen molar-refractivity contribution >= 4 is 10.8 Å². The quantitative estimate of drug-likeness (QED) is 0.774. The first kappa shape index (κ1) is 10.1. The average molecular weight is 220 g/mol. The molecule has 1 aromatic heterocycles. The van der Waals surface area contributed by atoms with Crippen molar-refractivity contribution in [3.05, 3.63) is 36.5 Å². The van der Waals surface area contributed by atoms with E-state index < -0.39 is 10.8 Å². The van der Waals surface area contributed by atoms with Crippen LogP contribution in [0.3, 0.4) is 0 Å². The van der Waals surface area contributed by atoms with Gasteiger partial charge in [-0.3, -0.25) is 8.89 Å². The molecule has 1 heterocycles. The molecule has 4 heteroatoms. The second kappa shape index (κ2) is 3.98. The van der Waals surface area contributed by atoms with Crippen molar-refractivity contribution in [3.63, 3.8) is 0 Å². The fourth-order valence-corrected chi connectivity index (χ4v) is 1.99. The van der Waals surface area contributed by atoms with Crippen molar-refractivity contribution in [2.75, 3.05) is 6.26 Å². The molecule has 78 valence electrons. The Kier molecular flexibility index (Phi) is 2.68. The summed E-state index contributed by atoms with van der Waals surface area (Å²) >= 11 is 0. The van der Waals surface area contributed by atoms with E-state index in [4.69, 9.17) is 0 Å². The molecular formula is C11H12N2OS. The molecule has 0 aliphatic heterocycles. The molecular weight excluding hydrogens is 208 g/mol. The third-order valence-corrected chi connectivity index (χ3v) is 3.24. The van der Waals surface area contributed by atoms with E-state index in [-0.39, 0.29) is 0 Å². The number of hydrogen-bond donors (Lipinski definition) is 0. The zero-order chi connectivity index (χ0) is 10.8. The summed E-state index contributed by atoms with van der Waals surface area (Å²) < 4.78 is 13.0. The molecule has 0 aliphatic rings. The number of hydrogen-bond acceptors (Lipinski definition) is 2. The van der Waals surface area contributed by atoms with Gasteiger partial charge in [0.1, 0.15) is 0 Å². The van der Waals surface area contributed by atoms with Gasteiger partial charge in [-0.15, -0.1) is 0 Å². The maximum Gasteiger partial charge on any atom is 0.0678 e. The summed E-state index contributed by atoms with van der Waals surface area (Å²) in [6.45, 7) is 0. The molecule has 0 aliphatic carbocycles. The topological polar surface area (TPSA) is 34.9 Å². The zero-order valence-corrected chi connectivity index (χ0v) is 9.49. The molecule has 0 radical (unpaired) electrons. The normalized spacial score (nSPS) is 12.7. The molecule has 0 bridgehead atoms. The summed E-state index contributed by atoms with van der Waals surface area (Å²) in [5, 5.41) is 4.11. The number of aryl methyl sites for hydroxylation is 1. The maximum atomic E-state index is 11.2. The summed E-state index contributed by atoms with van der Waals surface area (Å²) in [7, 11) is 0.992. The first-order valence-corrected chi connectivity index (χ1v) is 6.16. The lowest BCUT2D eigenvalue weighted by Gasteiger charge is -2.02. The molecule has 1 aromatic carbocycles. The van der Waals surface area contributed by atoms with Crippen molar-refractivity contribution in [3.8, 4) is 11.3 Å². The van der Waals surface area contributed by atoms with E-state index in [0.29, 0.717) is 0 Å². The van der Waals surface area contributed by atoms with Gasteiger partial charge in [-0.2, -0.15) is 5.10 Å². The minimum absolute atomic E-state index is 0.848. The van der Waals surface area contributed by atoms with Crippen LogP contribution in [0.5, 0.6) is 0 Å². The highest BCUT2D eigenvalue weighted by atomic mass is 32.2. The summed E-state index contributed by atoms with van der Waals surface area (Å²) in [6.07, 6.45) is 3.44. The molecule has 1 atom stereocenters. The van der Waals surface area contributed by atoms with Gasteiger partial charge in [-0.25, -0.2) is 0 Å². The van der Waals surface area contributed by atoms with E-state index in [9.17, 15) is 4.21 Å². The Morgan fingerprint density at radius 2 is 1.87 bits per heavy atom. The Morgan fingerprint density at radius 3 is 2.33 bits per heavy atom. The molecule has 0 N–H and O–H groups in total. The van der Waals surface area contributed by atoms with Gasteiger partial charge in [0.25, 0.3) is 0 Å². The minimum atomic E-state index is -0.912. The maximum absolute atomic E-state index is 11.2. The van der Waals surface area contributed by atoms with Crippen molar-refractivity contribution < 1.29 is 4.21 Å². The van der Waals surface area contributed by atoms with Gasteiger partial charge >= 0.3 is 0 Å². The van der Waals surface area contributed by atoms with Gasteiger partial charge in [0, 0.05) is 35.2 Å². The standard InChI is InChI=1S/C11H12N2OS/c1-13-11(7-8-12-13)9-3-5-10(6-4-9)15(2)14/h3-8H,1-2H3. The molecule has 0 saturated carbocycles. The molecule has 2 aromatic rings. The van der Waals surface area contributed by atoms with Crippen LogP contribution >= 0.6 is 0 Å². The molecule has 0 spiro atoms. The fourth-order valence-electron chi connectivity index (χ4n) is 1.47. The fraction of sp³-hybridized carbons (Fsp3) is 0.182. The summed E-state index contributed by atoms with van der Waals surface area (Å²) in [5.74, 6) is 0. The van der Waals surface area contributed by atoms with Crippen LogP contribution in [0.15, 0.2) is 41.4 Å². The molecule has 0 fully saturated rings. The van der Waals surface area contributed by atoms with Crippen LogP contribution in [-0.4, -0.2) is 20.2 Å². The van der Waals surface area contributed by atoms with E-state index in [1.54, 1.807) is 12.5 Å². The molecule has 15 heavy (non-hydrogen) atoms. The van der Waals surface area contributed by atoms with E-state index in [1.165, 1.54) is 0 Å². The van der Waals surface area contributed by atoms with Gasteiger partial charge < -0.3 is 0 Å².